The second kappa shape index (κ2) is 7.33. The van der Waals surface area contributed by atoms with Crippen molar-refractivity contribution in [3.05, 3.63) is 31.8 Å². The third-order valence-corrected chi connectivity index (χ3v) is 3.54. The van der Waals surface area contributed by atoms with Crippen molar-refractivity contribution in [1.29, 1.82) is 0 Å². The van der Waals surface area contributed by atoms with E-state index in [0.717, 1.165) is 8.04 Å². The minimum atomic E-state index is -0.0815. The van der Waals surface area contributed by atoms with Crippen LogP contribution in [0.25, 0.3) is 0 Å². The van der Waals surface area contributed by atoms with Crippen LogP contribution in [0.15, 0.2) is 22.7 Å². The molecule has 1 rings (SSSR count). The van der Waals surface area contributed by atoms with Crippen molar-refractivity contribution in [2.75, 3.05) is 13.2 Å². The smallest absolute Gasteiger partial charge is 0.252 e. The molecule has 3 nitrogen and oxygen atoms in total. The standard InChI is InChI=1S/C12H15BrINO2/c1-3-17-8(2)7-15-12(16)10-6-9(14)4-5-11(10)13/h4-6,8H,3,7H2,1-2H3,(H,15,16). The number of carbonyl (C=O) groups is 1. The van der Waals surface area contributed by atoms with Gasteiger partial charge in [-0.1, -0.05) is 0 Å². The van der Waals surface area contributed by atoms with Crippen molar-refractivity contribution >= 4 is 44.4 Å². The zero-order valence-corrected chi connectivity index (χ0v) is 13.5. The summed E-state index contributed by atoms with van der Waals surface area (Å²) in [6.07, 6.45) is 0.0329. The summed E-state index contributed by atoms with van der Waals surface area (Å²) in [4.78, 5) is 11.9. The van der Waals surface area contributed by atoms with Crippen molar-refractivity contribution in [1.82, 2.24) is 5.32 Å². The molecule has 0 aromatic heterocycles. The maximum Gasteiger partial charge on any atom is 0.252 e. The molecule has 0 saturated heterocycles. The number of carbonyl (C=O) groups excluding carboxylic acids is 1. The van der Waals surface area contributed by atoms with E-state index >= 15 is 0 Å². The van der Waals surface area contributed by atoms with Crippen LogP contribution in [0, 0.1) is 3.57 Å². The maximum absolute atomic E-state index is 11.9. The van der Waals surface area contributed by atoms with E-state index in [1.807, 2.05) is 32.0 Å². The van der Waals surface area contributed by atoms with Gasteiger partial charge in [-0.2, -0.15) is 0 Å². The highest BCUT2D eigenvalue weighted by molar-refractivity contribution is 14.1. The van der Waals surface area contributed by atoms with E-state index in [-0.39, 0.29) is 12.0 Å². The van der Waals surface area contributed by atoms with E-state index in [1.165, 1.54) is 0 Å². The molecule has 5 heteroatoms. The van der Waals surface area contributed by atoms with Crippen LogP contribution in [0.5, 0.6) is 0 Å². The highest BCUT2D eigenvalue weighted by Gasteiger charge is 2.11. The predicted molar refractivity (Wildman–Crippen MR) is 80.3 cm³/mol. The fraction of sp³-hybridized carbons (Fsp3) is 0.417. The molecule has 0 aliphatic carbocycles. The van der Waals surface area contributed by atoms with Crippen LogP contribution < -0.4 is 5.32 Å². The van der Waals surface area contributed by atoms with Gasteiger partial charge < -0.3 is 10.1 Å². The normalized spacial score (nSPS) is 12.2. The molecule has 0 bridgehead atoms. The first kappa shape index (κ1) is 14.9. The molecule has 0 aliphatic heterocycles. The molecule has 17 heavy (non-hydrogen) atoms. The second-order valence-electron chi connectivity index (χ2n) is 3.60. The Morgan fingerprint density at radius 1 is 1.59 bits per heavy atom. The summed E-state index contributed by atoms with van der Waals surface area (Å²) in [5, 5.41) is 2.85. The van der Waals surface area contributed by atoms with Gasteiger partial charge >= 0.3 is 0 Å². The van der Waals surface area contributed by atoms with Gasteiger partial charge in [0.1, 0.15) is 0 Å². The number of benzene rings is 1. The number of nitrogens with one attached hydrogen (secondary N) is 1. The van der Waals surface area contributed by atoms with Crippen LogP contribution in [0.2, 0.25) is 0 Å². The van der Waals surface area contributed by atoms with E-state index in [4.69, 9.17) is 4.74 Å². The Balaban J connectivity index is 2.61. The first-order valence-electron chi connectivity index (χ1n) is 5.39. The van der Waals surface area contributed by atoms with Gasteiger partial charge in [0.15, 0.2) is 0 Å². The largest absolute Gasteiger partial charge is 0.377 e. The average Bonchev–Trinajstić information content (AvgIpc) is 2.29. The van der Waals surface area contributed by atoms with Crippen LogP contribution >= 0.6 is 38.5 Å². The lowest BCUT2D eigenvalue weighted by Crippen LogP contribution is -2.32. The van der Waals surface area contributed by atoms with Crippen LogP contribution in [-0.2, 0) is 4.74 Å². The molecule has 1 aromatic rings. The van der Waals surface area contributed by atoms with E-state index < -0.39 is 0 Å². The second-order valence-corrected chi connectivity index (χ2v) is 5.70. The molecular weight excluding hydrogens is 397 g/mol. The Morgan fingerprint density at radius 3 is 2.94 bits per heavy atom. The summed E-state index contributed by atoms with van der Waals surface area (Å²) in [7, 11) is 0. The number of hydrogen-bond acceptors (Lipinski definition) is 2. The third-order valence-electron chi connectivity index (χ3n) is 2.17. The van der Waals surface area contributed by atoms with Crippen molar-refractivity contribution in [2.45, 2.75) is 20.0 Å². The summed E-state index contributed by atoms with van der Waals surface area (Å²) in [6.45, 7) is 5.05. The summed E-state index contributed by atoms with van der Waals surface area (Å²) in [6, 6.07) is 5.68. The monoisotopic (exact) mass is 411 g/mol. The summed E-state index contributed by atoms with van der Waals surface area (Å²) in [5.74, 6) is -0.0815. The molecule has 1 atom stereocenters. The first-order valence-corrected chi connectivity index (χ1v) is 7.26. The molecule has 1 amide bonds. The quantitative estimate of drug-likeness (QED) is 0.755. The van der Waals surface area contributed by atoms with Crippen molar-refractivity contribution < 1.29 is 9.53 Å². The van der Waals surface area contributed by atoms with Crippen LogP contribution in [0.1, 0.15) is 24.2 Å². The van der Waals surface area contributed by atoms with E-state index in [2.05, 4.69) is 43.8 Å². The Morgan fingerprint density at radius 2 is 2.29 bits per heavy atom. The minimum Gasteiger partial charge on any atom is -0.377 e. The molecular formula is C12H15BrINO2. The van der Waals surface area contributed by atoms with Gasteiger partial charge in [-0.25, -0.2) is 0 Å². The summed E-state index contributed by atoms with van der Waals surface area (Å²) < 4.78 is 7.20. The molecule has 1 N–H and O–H groups in total. The number of hydrogen-bond donors (Lipinski definition) is 1. The highest BCUT2D eigenvalue weighted by Crippen LogP contribution is 2.19. The fourth-order valence-corrected chi connectivity index (χ4v) is 2.26. The van der Waals surface area contributed by atoms with Gasteiger partial charge in [0.2, 0.25) is 0 Å². The number of halogens is 2. The Bertz CT molecular complexity index is 398. The molecule has 0 radical (unpaired) electrons. The van der Waals surface area contributed by atoms with Crippen molar-refractivity contribution in [3.63, 3.8) is 0 Å². The van der Waals surface area contributed by atoms with Crippen LogP contribution in [0.3, 0.4) is 0 Å². The summed E-state index contributed by atoms with van der Waals surface area (Å²) in [5.41, 5.74) is 0.653. The lowest BCUT2D eigenvalue weighted by Gasteiger charge is -2.13. The molecule has 1 unspecified atom stereocenters. The van der Waals surface area contributed by atoms with E-state index in [1.54, 1.807) is 0 Å². The molecule has 1 aromatic carbocycles. The number of ether oxygens (including phenoxy) is 1. The zero-order valence-electron chi connectivity index (χ0n) is 9.80. The lowest BCUT2D eigenvalue weighted by molar-refractivity contribution is 0.0695. The molecule has 0 saturated carbocycles. The minimum absolute atomic E-state index is 0.0329. The van der Waals surface area contributed by atoms with Crippen molar-refractivity contribution in [3.8, 4) is 0 Å². The summed E-state index contributed by atoms with van der Waals surface area (Å²) >= 11 is 5.56. The zero-order chi connectivity index (χ0) is 12.8. The maximum atomic E-state index is 11.9. The SMILES string of the molecule is CCOC(C)CNC(=O)c1cc(I)ccc1Br. The van der Waals surface area contributed by atoms with Gasteiger partial charge in [0.05, 0.1) is 11.7 Å². The fourth-order valence-electron chi connectivity index (χ4n) is 1.35. The van der Waals surface area contributed by atoms with Gasteiger partial charge in [-0.3, -0.25) is 4.79 Å². The number of rotatable bonds is 5. The molecule has 0 spiro atoms. The number of amides is 1. The average molecular weight is 412 g/mol. The molecule has 0 fully saturated rings. The van der Waals surface area contributed by atoms with Crippen LogP contribution in [-0.4, -0.2) is 25.2 Å². The van der Waals surface area contributed by atoms with Gasteiger partial charge in [-0.15, -0.1) is 0 Å². The van der Waals surface area contributed by atoms with E-state index in [9.17, 15) is 4.79 Å². The van der Waals surface area contributed by atoms with Gasteiger partial charge in [-0.05, 0) is 70.6 Å². The lowest BCUT2D eigenvalue weighted by atomic mass is 10.2. The Labute approximate surface area is 124 Å². The topological polar surface area (TPSA) is 38.3 Å². The highest BCUT2D eigenvalue weighted by atomic mass is 127. The Hall–Kier alpha value is -0.140. The third kappa shape index (κ3) is 4.93. The predicted octanol–water partition coefficient (Wildman–Crippen LogP) is 3.21. The molecule has 0 aliphatic rings. The molecule has 94 valence electrons. The van der Waals surface area contributed by atoms with Crippen molar-refractivity contribution in [2.24, 2.45) is 0 Å². The Kier molecular flexibility index (Phi) is 6.43. The van der Waals surface area contributed by atoms with Gasteiger partial charge in [0.25, 0.3) is 5.91 Å². The van der Waals surface area contributed by atoms with E-state index in [0.29, 0.717) is 18.7 Å². The van der Waals surface area contributed by atoms with Crippen LogP contribution in [0.4, 0.5) is 0 Å². The first-order chi connectivity index (χ1) is 8.04. The molecule has 0 heterocycles. The van der Waals surface area contributed by atoms with Gasteiger partial charge in [0, 0.05) is 21.2 Å².